The number of likely N-dealkylation sites (tertiary alicyclic amines) is 1. The number of nitrogens with one attached hydrogen (secondary N) is 2. The molecule has 1 saturated heterocycles. The maximum Gasteiger partial charge on any atom is 0.253 e. The number of amides is 3. The molecule has 0 unspecified atom stereocenters. The third kappa shape index (κ3) is 6.15. The molecule has 2 heterocycles. The van der Waals surface area contributed by atoms with Crippen LogP contribution in [0.4, 0.5) is 0 Å². The molecule has 2 aromatic rings. The van der Waals surface area contributed by atoms with E-state index in [1.54, 1.807) is 42.3 Å². The highest BCUT2D eigenvalue weighted by Crippen LogP contribution is 2.33. The van der Waals surface area contributed by atoms with Gasteiger partial charge in [-0.15, -0.1) is 0 Å². The van der Waals surface area contributed by atoms with Crippen LogP contribution in [0, 0.1) is 12.8 Å². The van der Waals surface area contributed by atoms with Crippen molar-refractivity contribution in [2.24, 2.45) is 5.92 Å². The number of piperidine rings is 1. The predicted molar refractivity (Wildman–Crippen MR) is 133 cm³/mol. The predicted octanol–water partition coefficient (Wildman–Crippen LogP) is 2.53. The Balaban J connectivity index is 1.40. The number of aryl methyl sites for hydroxylation is 1. The minimum absolute atomic E-state index is 0.0870. The van der Waals surface area contributed by atoms with E-state index in [4.69, 9.17) is 14.2 Å². The number of carbonyl (C=O) groups is 3. The fourth-order valence-corrected chi connectivity index (χ4v) is 4.51. The molecular weight excluding hydrogens is 462 g/mol. The molecule has 4 rings (SSSR count). The Bertz CT molecular complexity index is 1080. The van der Waals surface area contributed by atoms with E-state index in [-0.39, 0.29) is 30.4 Å². The molecule has 0 bridgehead atoms. The number of methoxy groups -OCH3 is 1. The second-order valence-corrected chi connectivity index (χ2v) is 9.15. The van der Waals surface area contributed by atoms with Gasteiger partial charge in [-0.25, -0.2) is 0 Å². The third-order valence-electron chi connectivity index (χ3n) is 6.63. The summed E-state index contributed by atoms with van der Waals surface area (Å²) in [5.74, 6) is 0.519. The molecule has 1 atom stereocenters. The molecule has 192 valence electrons. The maximum absolute atomic E-state index is 13.1. The Labute approximate surface area is 211 Å². The Morgan fingerprint density at radius 1 is 1.03 bits per heavy atom. The molecule has 2 aromatic carbocycles. The van der Waals surface area contributed by atoms with E-state index >= 15 is 0 Å². The summed E-state index contributed by atoms with van der Waals surface area (Å²) in [5.41, 5.74) is 2.10. The molecule has 2 N–H and O–H groups in total. The molecule has 0 spiro atoms. The van der Waals surface area contributed by atoms with Gasteiger partial charge in [0.15, 0.2) is 11.5 Å². The second-order valence-electron chi connectivity index (χ2n) is 9.15. The summed E-state index contributed by atoms with van der Waals surface area (Å²) in [7, 11) is 1.62. The minimum Gasteiger partial charge on any atom is -0.454 e. The van der Waals surface area contributed by atoms with E-state index in [1.807, 2.05) is 19.1 Å². The van der Waals surface area contributed by atoms with Crippen molar-refractivity contribution in [3.8, 4) is 11.5 Å². The lowest BCUT2D eigenvalue weighted by Crippen LogP contribution is -2.54. The Morgan fingerprint density at radius 2 is 1.72 bits per heavy atom. The van der Waals surface area contributed by atoms with Gasteiger partial charge in [0, 0.05) is 44.5 Å². The van der Waals surface area contributed by atoms with Crippen LogP contribution in [0.5, 0.6) is 11.5 Å². The van der Waals surface area contributed by atoms with Crippen LogP contribution < -0.4 is 20.1 Å². The molecule has 0 aromatic heterocycles. The molecular formula is C27H33N3O6. The zero-order valence-electron chi connectivity index (χ0n) is 20.7. The lowest BCUT2D eigenvalue weighted by atomic mass is 9.88. The Kier molecular flexibility index (Phi) is 8.43. The molecule has 36 heavy (non-hydrogen) atoms. The van der Waals surface area contributed by atoms with Crippen molar-refractivity contribution in [1.29, 1.82) is 0 Å². The van der Waals surface area contributed by atoms with Crippen LogP contribution in [0.1, 0.15) is 45.5 Å². The van der Waals surface area contributed by atoms with Crippen molar-refractivity contribution in [3.63, 3.8) is 0 Å². The summed E-state index contributed by atoms with van der Waals surface area (Å²) >= 11 is 0. The Hall–Kier alpha value is -3.59. The van der Waals surface area contributed by atoms with E-state index in [0.29, 0.717) is 68.1 Å². The second kappa shape index (κ2) is 11.9. The quantitative estimate of drug-likeness (QED) is 0.518. The smallest absolute Gasteiger partial charge is 0.253 e. The van der Waals surface area contributed by atoms with Crippen LogP contribution in [-0.2, 0) is 9.53 Å². The molecule has 0 saturated carbocycles. The van der Waals surface area contributed by atoms with Crippen molar-refractivity contribution < 1.29 is 28.6 Å². The summed E-state index contributed by atoms with van der Waals surface area (Å²) in [4.78, 5) is 40.9. The highest BCUT2D eigenvalue weighted by molar-refractivity contribution is 5.98. The van der Waals surface area contributed by atoms with Gasteiger partial charge in [0.2, 0.25) is 12.7 Å². The topological polar surface area (TPSA) is 106 Å². The number of carbonyl (C=O) groups excluding carboxylic acids is 3. The van der Waals surface area contributed by atoms with E-state index < -0.39 is 6.04 Å². The molecule has 1 fully saturated rings. The number of rotatable bonds is 9. The average molecular weight is 496 g/mol. The van der Waals surface area contributed by atoms with Gasteiger partial charge in [0.1, 0.15) is 6.04 Å². The molecule has 9 nitrogen and oxygen atoms in total. The van der Waals surface area contributed by atoms with E-state index in [9.17, 15) is 14.4 Å². The first-order valence-electron chi connectivity index (χ1n) is 12.3. The number of ether oxygens (including phenoxy) is 3. The molecule has 0 aliphatic carbocycles. The fraction of sp³-hybridized carbons (Fsp3) is 0.444. The van der Waals surface area contributed by atoms with E-state index in [2.05, 4.69) is 10.6 Å². The zero-order valence-corrected chi connectivity index (χ0v) is 20.7. The lowest BCUT2D eigenvalue weighted by molar-refractivity contribution is -0.124. The summed E-state index contributed by atoms with van der Waals surface area (Å²) < 4.78 is 15.8. The van der Waals surface area contributed by atoms with Crippen molar-refractivity contribution in [2.45, 2.75) is 32.2 Å². The monoisotopic (exact) mass is 495 g/mol. The third-order valence-corrected chi connectivity index (χ3v) is 6.63. The SMILES string of the molecule is COCCCNC(=O)[C@@H](NC(=O)c1ccc(C)cc1)C1CCN(C(=O)c2ccc3c(c2)OCO3)CC1. The Morgan fingerprint density at radius 3 is 2.44 bits per heavy atom. The number of hydrogen-bond acceptors (Lipinski definition) is 6. The van der Waals surface area contributed by atoms with Crippen LogP contribution in [-0.4, -0.2) is 68.8 Å². The van der Waals surface area contributed by atoms with Gasteiger partial charge in [0.05, 0.1) is 0 Å². The summed E-state index contributed by atoms with van der Waals surface area (Å²) in [5, 5.41) is 5.88. The van der Waals surface area contributed by atoms with E-state index in [1.165, 1.54) is 0 Å². The van der Waals surface area contributed by atoms with E-state index in [0.717, 1.165) is 5.56 Å². The fourth-order valence-electron chi connectivity index (χ4n) is 4.51. The summed E-state index contributed by atoms with van der Waals surface area (Å²) in [6, 6.07) is 11.7. The number of hydrogen-bond donors (Lipinski definition) is 2. The highest BCUT2D eigenvalue weighted by atomic mass is 16.7. The molecule has 2 aliphatic rings. The molecule has 0 radical (unpaired) electrons. The standard InChI is InChI=1S/C27H33N3O6/c1-18-4-6-20(7-5-18)25(31)29-24(26(32)28-12-3-15-34-2)19-10-13-30(14-11-19)27(33)21-8-9-22-23(16-21)36-17-35-22/h4-9,16,19,24H,3,10-15,17H2,1-2H3,(H,28,32)(H,29,31)/t24-/m0/s1. The molecule has 9 heteroatoms. The van der Waals surface area contributed by atoms with Crippen molar-refractivity contribution in [1.82, 2.24) is 15.5 Å². The van der Waals surface area contributed by atoms with Crippen LogP contribution in [0.2, 0.25) is 0 Å². The summed E-state index contributed by atoms with van der Waals surface area (Å²) in [6.45, 7) is 4.10. The first kappa shape index (κ1) is 25.5. The largest absolute Gasteiger partial charge is 0.454 e. The van der Waals surface area contributed by atoms with Gasteiger partial charge in [0.25, 0.3) is 11.8 Å². The normalized spacial score (nSPS) is 15.9. The van der Waals surface area contributed by atoms with Crippen molar-refractivity contribution in [3.05, 3.63) is 59.2 Å². The first-order valence-corrected chi connectivity index (χ1v) is 12.3. The first-order chi connectivity index (χ1) is 17.5. The lowest BCUT2D eigenvalue weighted by Gasteiger charge is -2.36. The molecule has 2 aliphatic heterocycles. The number of fused-ring (bicyclic) bond motifs is 1. The van der Waals surface area contributed by atoms with Gasteiger partial charge in [-0.05, 0) is 62.4 Å². The number of nitrogens with zero attached hydrogens (tertiary/aromatic N) is 1. The van der Waals surface area contributed by atoms with Crippen LogP contribution in [0.25, 0.3) is 0 Å². The zero-order chi connectivity index (χ0) is 25.5. The van der Waals surface area contributed by atoms with Gasteiger partial charge < -0.3 is 29.7 Å². The van der Waals surface area contributed by atoms with Crippen LogP contribution in [0.3, 0.4) is 0 Å². The van der Waals surface area contributed by atoms with Gasteiger partial charge in [-0.1, -0.05) is 17.7 Å². The van der Waals surface area contributed by atoms with Crippen molar-refractivity contribution >= 4 is 17.7 Å². The van der Waals surface area contributed by atoms with Crippen LogP contribution >= 0.6 is 0 Å². The average Bonchev–Trinajstić information content (AvgIpc) is 3.38. The van der Waals surface area contributed by atoms with Gasteiger partial charge >= 0.3 is 0 Å². The van der Waals surface area contributed by atoms with Gasteiger partial charge in [-0.2, -0.15) is 0 Å². The number of benzene rings is 2. The van der Waals surface area contributed by atoms with Crippen molar-refractivity contribution in [2.75, 3.05) is 40.1 Å². The summed E-state index contributed by atoms with van der Waals surface area (Å²) in [6.07, 6.45) is 1.88. The maximum atomic E-state index is 13.1. The van der Waals surface area contributed by atoms with Gasteiger partial charge in [-0.3, -0.25) is 14.4 Å². The minimum atomic E-state index is -0.691. The van der Waals surface area contributed by atoms with Crippen LogP contribution in [0.15, 0.2) is 42.5 Å². The molecule has 3 amide bonds. The highest BCUT2D eigenvalue weighted by Gasteiger charge is 2.34.